The lowest BCUT2D eigenvalue weighted by molar-refractivity contribution is -0.141. The highest BCUT2D eigenvalue weighted by atomic mass is 19.2. The van der Waals surface area contributed by atoms with E-state index >= 15 is 0 Å². The molecular formula is C22H17F4NO4. The number of nitrogens with zero attached hydrogens (tertiary/aromatic N) is 1. The van der Waals surface area contributed by atoms with Crippen LogP contribution in [-0.4, -0.2) is 26.7 Å². The molecule has 1 aliphatic carbocycles. The summed E-state index contributed by atoms with van der Waals surface area (Å²) in [5, 5.41) is 19.3. The molecule has 162 valence electrons. The van der Waals surface area contributed by atoms with Crippen LogP contribution in [0.1, 0.15) is 46.8 Å². The first-order chi connectivity index (χ1) is 14.6. The molecule has 3 aromatic rings. The molecule has 0 saturated heterocycles. The molecule has 5 nitrogen and oxygen atoms in total. The predicted octanol–water partition coefficient (Wildman–Crippen LogP) is 4.87. The second-order valence-corrected chi connectivity index (χ2v) is 7.69. The first kappa shape index (κ1) is 20.9. The first-order valence-electron chi connectivity index (χ1n) is 9.57. The molecule has 9 heteroatoms. The molecule has 0 amide bonds. The quantitative estimate of drug-likeness (QED) is 0.573. The highest BCUT2D eigenvalue weighted by molar-refractivity contribution is 6.05. The molecule has 1 saturated carbocycles. The van der Waals surface area contributed by atoms with Crippen LogP contribution in [0.5, 0.6) is 5.75 Å². The van der Waals surface area contributed by atoms with Crippen LogP contribution >= 0.6 is 0 Å². The van der Waals surface area contributed by atoms with E-state index in [1.54, 1.807) is 0 Å². The Kier molecular flexibility index (Phi) is 4.99. The Morgan fingerprint density at radius 1 is 1.06 bits per heavy atom. The molecule has 0 bridgehead atoms. The molecule has 2 aromatic carbocycles. The summed E-state index contributed by atoms with van der Waals surface area (Å²) in [5.74, 6) is -10.1. The number of aromatic hydroxyl groups is 1. The van der Waals surface area contributed by atoms with E-state index in [-0.39, 0.29) is 33.6 Å². The average Bonchev–Trinajstić information content (AvgIpc) is 2.95. The van der Waals surface area contributed by atoms with Gasteiger partial charge in [-0.05, 0) is 49.4 Å². The van der Waals surface area contributed by atoms with Crippen LogP contribution in [0.15, 0.2) is 24.3 Å². The third-order valence-corrected chi connectivity index (χ3v) is 5.98. The van der Waals surface area contributed by atoms with E-state index in [0.717, 1.165) is 29.2 Å². The van der Waals surface area contributed by atoms with Gasteiger partial charge in [0.2, 0.25) is 0 Å². The van der Waals surface area contributed by atoms with Crippen LogP contribution in [0.25, 0.3) is 10.9 Å². The Bertz CT molecular complexity index is 1250. The standard InChI is InChI=1S/C22H17F4NO4/c1-9-16(17(22(30)31)10-3-2-4-10)18-15(8-14(25)20(28)19(18)26)27(9)21(29)11-5-6-12(23)13(24)7-11/h5-8,10,17,28H,2-4H2,1H3,(H,30,31). The van der Waals surface area contributed by atoms with Crippen LogP contribution in [0.3, 0.4) is 0 Å². The van der Waals surface area contributed by atoms with Gasteiger partial charge in [-0.1, -0.05) is 6.42 Å². The molecule has 31 heavy (non-hydrogen) atoms. The first-order valence-corrected chi connectivity index (χ1v) is 9.57. The van der Waals surface area contributed by atoms with E-state index in [1.165, 1.54) is 6.92 Å². The highest BCUT2D eigenvalue weighted by Gasteiger charge is 2.39. The summed E-state index contributed by atoms with van der Waals surface area (Å²) in [6, 6.07) is 3.13. The zero-order chi connectivity index (χ0) is 22.6. The molecule has 4 rings (SSSR count). The van der Waals surface area contributed by atoms with Gasteiger partial charge in [0.25, 0.3) is 5.91 Å². The Morgan fingerprint density at radius 2 is 1.74 bits per heavy atom. The molecule has 1 atom stereocenters. The number of aromatic nitrogens is 1. The number of phenols is 1. The van der Waals surface area contributed by atoms with Gasteiger partial charge in [0.15, 0.2) is 29.0 Å². The Morgan fingerprint density at radius 3 is 2.29 bits per heavy atom. The molecule has 1 unspecified atom stereocenters. The maximum atomic E-state index is 15.0. The van der Waals surface area contributed by atoms with Crippen molar-refractivity contribution in [2.45, 2.75) is 32.1 Å². The van der Waals surface area contributed by atoms with Crippen LogP contribution in [0, 0.1) is 36.1 Å². The molecule has 0 spiro atoms. The Labute approximate surface area is 173 Å². The van der Waals surface area contributed by atoms with Crippen molar-refractivity contribution in [3.63, 3.8) is 0 Å². The summed E-state index contributed by atoms with van der Waals surface area (Å²) in [4.78, 5) is 25.2. The molecule has 0 aliphatic heterocycles. The number of halogens is 4. The third-order valence-electron chi connectivity index (χ3n) is 5.98. The zero-order valence-corrected chi connectivity index (χ0v) is 16.3. The van der Waals surface area contributed by atoms with Gasteiger partial charge in [0.1, 0.15) is 0 Å². The van der Waals surface area contributed by atoms with E-state index in [1.807, 2.05) is 0 Å². The number of fused-ring (bicyclic) bond motifs is 1. The van der Waals surface area contributed by atoms with Crippen LogP contribution in [-0.2, 0) is 4.79 Å². The van der Waals surface area contributed by atoms with Gasteiger partial charge in [-0.15, -0.1) is 0 Å². The Hall–Kier alpha value is -3.36. The van der Waals surface area contributed by atoms with Crippen LogP contribution in [0.4, 0.5) is 17.6 Å². The van der Waals surface area contributed by atoms with Gasteiger partial charge < -0.3 is 10.2 Å². The molecule has 1 aliphatic rings. The van der Waals surface area contributed by atoms with E-state index in [4.69, 9.17) is 0 Å². The summed E-state index contributed by atoms with van der Waals surface area (Å²) < 4.78 is 57.0. The topological polar surface area (TPSA) is 79.5 Å². The van der Waals surface area contributed by atoms with Gasteiger partial charge in [-0.3, -0.25) is 14.2 Å². The number of carboxylic acid groups (broad SMARTS) is 1. The maximum Gasteiger partial charge on any atom is 0.311 e. The van der Waals surface area contributed by atoms with Crippen molar-refractivity contribution in [1.82, 2.24) is 4.57 Å². The normalized spacial score (nSPS) is 15.1. The number of carbonyl (C=O) groups excluding carboxylic acids is 1. The number of hydrogen-bond acceptors (Lipinski definition) is 3. The van der Waals surface area contributed by atoms with Crippen molar-refractivity contribution in [3.8, 4) is 5.75 Å². The van der Waals surface area contributed by atoms with Crippen molar-refractivity contribution in [3.05, 3.63) is 64.4 Å². The van der Waals surface area contributed by atoms with Crippen molar-refractivity contribution >= 4 is 22.8 Å². The lowest BCUT2D eigenvalue weighted by Crippen LogP contribution is -2.27. The fourth-order valence-electron chi connectivity index (χ4n) is 4.25. The van der Waals surface area contributed by atoms with Crippen molar-refractivity contribution in [2.24, 2.45) is 5.92 Å². The number of benzene rings is 2. The monoisotopic (exact) mass is 435 g/mol. The molecule has 0 radical (unpaired) electrons. The summed E-state index contributed by atoms with van der Waals surface area (Å²) in [6.45, 7) is 1.37. The maximum absolute atomic E-state index is 15.0. The Balaban J connectivity index is 2.04. The molecule has 1 heterocycles. The molecule has 1 fully saturated rings. The fourth-order valence-corrected chi connectivity index (χ4v) is 4.25. The lowest BCUT2D eigenvalue weighted by atomic mass is 9.72. The highest BCUT2D eigenvalue weighted by Crippen LogP contribution is 2.46. The van der Waals surface area contributed by atoms with Gasteiger partial charge in [0.05, 0.1) is 11.4 Å². The zero-order valence-electron chi connectivity index (χ0n) is 16.3. The summed E-state index contributed by atoms with van der Waals surface area (Å²) in [5.41, 5.74) is -0.626. The predicted molar refractivity (Wildman–Crippen MR) is 102 cm³/mol. The van der Waals surface area contributed by atoms with Gasteiger partial charge in [-0.2, -0.15) is 0 Å². The average molecular weight is 435 g/mol. The number of hydrogen-bond donors (Lipinski definition) is 2. The molecular weight excluding hydrogens is 418 g/mol. The SMILES string of the molecule is Cc1c(C(C(=O)O)C2CCC2)c2c(F)c(O)c(F)cc2n1C(=O)c1ccc(F)c(F)c1. The molecule has 2 N–H and O–H groups in total. The largest absolute Gasteiger partial charge is 0.503 e. The number of phenolic OH excluding ortho intramolecular Hbond substituents is 1. The second-order valence-electron chi connectivity index (χ2n) is 7.69. The minimum absolute atomic E-state index is 0.0212. The van der Waals surface area contributed by atoms with Crippen molar-refractivity contribution in [1.29, 1.82) is 0 Å². The summed E-state index contributed by atoms with van der Waals surface area (Å²) >= 11 is 0. The van der Waals surface area contributed by atoms with Gasteiger partial charge >= 0.3 is 5.97 Å². The minimum atomic E-state index is -1.38. The second kappa shape index (κ2) is 7.40. The van der Waals surface area contributed by atoms with Gasteiger partial charge in [0, 0.05) is 22.7 Å². The van der Waals surface area contributed by atoms with Crippen molar-refractivity contribution < 1.29 is 37.4 Å². The number of aliphatic carboxylic acids is 1. The van der Waals surface area contributed by atoms with Crippen molar-refractivity contribution in [2.75, 3.05) is 0 Å². The number of carbonyl (C=O) groups is 2. The summed E-state index contributed by atoms with van der Waals surface area (Å²) in [7, 11) is 0. The lowest BCUT2D eigenvalue weighted by Gasteiger charge is -2.31. The fraction of sp³-hybridized carbons (Fsp3) is 0.273. The van der Waals surface area contributed by atoms with Crippen LogP contribution < -0.4 is 0 Å². The summed E-state index contributed by atoms with van der Waals surface area (Å²) in [6.07, 6.45) is 1.95. The smallest absolute Gasteiger partial charge is 0.311 e. The number of rotatable bonds is 4. The third kappa shape index (κ3) is 3.15. The minimum Gasteiger partial charge on any atom is -0.503 e. The number of carboxylic acids is 1. The van der Waals surface area contributed by atoms with Crippen LogP contribution in [0.2, 0.25) is 0 Å². The molecule has 1 aromatic heterocycles. The van der Waals surface area contributed by atoms with E-state index in [2.05, 4.69) is 0 Å². The van der Waals surface area contributed by atoms with E-state index < -0.39 is 46.8 Å². The van der Waals surface area contributed by atoms with E-state index in [0.29, 0.717) is 18.9 Å². The van der Waals surface area contributed by atoms with E-state index in [9.17, 15) is 37.4 Å². The van der Waals surface area contributed by atoms with Gasteiger partial charge in [-0.25, -0.2) is 17.6 Å².